The van der Waals surface area contributed by atoms with Gasteiger partial charge in [-0.1, -0.05) is 38.1 Å². The molecule has 0 radical (unpaired) electrons. The molecule has 2 unspecified atom stereocenters. The van der Waals surface area contributed by atoms with E-state index in [0.717, 1.165) is 24.8 Å². The van der Waals surface area contributed by atoms with Crippen molar-refractivity contribution < 1.29 is 9.53 Å². The van der Waals surface area contributed by atoms with Crippen LogP contribution in [0.5, 0.6) is 0 Å². The number of carbonyl (C=O) groups is 1. The molecule has 2 atom stereocenters. The minimum absolute atomic E-state index is 0. The van der Waals surface area contributed by atoms with Gasteiger partial charge in [0.05, 0.1) is 0 Å². The zero-order chi connectivity index (χ0) is 15.2. The van der Waals surface area contributed by atoms with E-state index in [-0.39, 0.29) is 30.5 Å². The molecule has 3 N–H and O–H groups in total. The van der Waals surface area contributed by atoms with Gasteiger partial charge in [-0.3, -0.25) is 4.79 Å². The molecule has 1 fully saturated rings. The normalized spacial score (nSPS) is 19.4. The predicted octanol–water partition coefficient (Wildman–Crippen LogP) is 2.92. The number of hydrogen-bond donors (Lipinski definition) is 2. The fourth-order valence-corrected chi connectivity index (χ4v) is 2.52. The van der Waals surface area contributed by atoms with Gasteiger partial charge < -0.3 is 15.8 Å². The Morgan fingerprint density at radius 3 is 2.45 bits per heavy atom. The number of ether oxygens (including phenoxy) is 1. The lowest BCUT2D eigenvalue weighted by Crippen LogP contribution is -2.41. The molecule has 1 amide bonds. The van der Waals surface area contributed by atoms with Crippen molar-refractivity contribution in [3.63, 3.8) is 0 Å². The Hall–Kier alpha value is -1.10. The van der Waals surface area contributed by atoms with Crippen LogP contribution in [0.1, 0.15) is 56.2 Å². The van der Waals surface area contributed by atoms with Crippen LogP contribution in [0.15, 0.2) is 24.3 Å². The van der Waals surface area contributed by atoms with Gasteiger partial charge in [0.2, 0.25) is 5.91 Å². The van der Waals surface area contributed by atoms with E-state index in [0.29, 0.717) is 19.1 Å². The molecule has 2 rings (SSSR count). The Balaban J connectivity index is 0.00000242. The molecule has 1 aliphatic heterocycles. The topological polar surface area (TPSA) is 64.3 Å². The molecule has 1 aromatic rings. The Morgan fingerprint density at radius 1 is 1.27 bits per heavy atom. The zero-order valence-electron chi connectivity index (χ0n) is 13.4. The van der Waals surface area contributed by atoms with Crippen molar-refractivity contribution in [3.8, 4) is 0 Å². The van der Waals surface area contributed by atoms with E-state index < -0.39 is 0 Å². The second-order valence-corrected chi connectivity index (χ2v) is 6.03. The van der Waals surface area contributed by atoms with Crippen molar-refractivity contribution in [2.45, 2.75) is 51.2 Å². The van der Waals surface area contributed by atoms with Crippen LogP contribution in [-0.4, -0.2) is 25.2 Å². The lowest BCUT2D eigenvalue weighted by molar-refractivity contribution is -0.135. The lowest BCUT2D eigenvalue weighted by Gasteiger charge is -2.22. The van der Waals surface area contributed by atoms with Crippen LogP contribution in [-0.2, 0) is 9.53 Å². The summed E-state index contributed by atoms with van der Waals surface area (Å²) in [4.78, 5) is 12.0. The number of halogens is 1. The monoisotopic (exact) mass is 326 g/mol. The number of rotatable bonds is 5. The SMILES string of the molecule is CC(C)c1ccc(C(N)CNC(=O)C2CCCCO2)cc1.Cl. The maximum absolute atomic E-state index is 12.0. The standard InChI is InChI=1S/C17H26N2O2.ClH/c1-12(2)13-6-8-14(9-7-13)15(18)11-19-17(20)16-5-3-4-10-21-16;/h6-9,12,15-16H,3-5,10-11,18H2,1-2H3,(H,19,20);1H. The van der Waals surface area contributed by atoms with Crippen molar-refractivity contribution in [3.05, 3.63) is 35.4 Å². The highest BCUT2D eigenvalue weighted by atomic mass is 35.5. The highest BCUT2D eigenvalue weighted by Crippen LogP contribution is 2.18. The van der Waals surface area contributed by atoms with Crippen LogP contribution < -0.4 is 11.1 Å². The smallest absolute Gasteiger partial charge is 0.249 e. The van der Waals surface area contributed by atoms with Crippen LogP contribution >= 0.6 is 12.4 Å². The molecule has 0 bridgehead atoms. The Kier molecular flexibility index (Phi) is 7.87. The molecule has 1 heterocycles. The van der Waals surface area contributed by atoms with Gasteiger partial charge >= 0.3 is 0 Å². The average molecular weight is 327 g/mol. The lowest BCUT2D eigenvalue weighted by atomic mass is 9.99. The molecule has 1 aromatic carbocycles. The number of hydrogen-bond acceptors (Lipinski definition) is 3. The van der Waals surface area contributed by atoms with E-state index in [9.17, 15) is 4.79 Å². The first-order valence-electron chi connectivity index (χ1n) is 7.82. The van der Waals surface area contributed by atoms with Crippen LogP contribution in [0.2, 0.25) is 0 Å². The molecule has 1 aliphatic rings. The molecule has 124 valence electrons. The van der Waals surface area contributed by atoms with Crippen LogP contribution in [0.3, 0.4) is 0 Å². The molecule has 0 spiro atoms. The van der Waals surface area contributed by atoms with Crippen molar-refractivity contribution in [2.24, 2.45) is 5.73 Å². The van der Waals surface area contributed by atoms with Gasteiger partial charge in [-0.25, -0.2) is 0 Å². The summed E-state index contributed by atoms with van der Waals surface area (Å²) in [5.74, 6) is 0.474. The van der Waals surface area contributed by atoms with Gasteiger partial charge in [0.1, 0.15) is 6.10 Å². The van der Waals surface area contributed by atoms with E-state index in [2.05, 4.69) is 31.3 Å². The van der Waals surface area contributed by atoms with Crippen molar-refractivity contribution in [2.75, 3.05) is 13.2 Å². The number of amides is 1. The van der Waals surface area contributed by atoms with Gasteiger partial charge in [-0.2, -0.15) is 0 Å². The first-order valence-corrected chi connectivity index (χ1v) is 7.82. The Labute approximate surface area is 139 Å². The van der Waals surface area contributed by atoms with E-state index in [1.54, 1.807) is 0 Å². The predicted molar refractivity (Wildman–Crippen MR) is 91.3 cm³/mol. The molecule has 1 saturated heterocycles. The summed E-state index contributed by atoms with van der Waals surface area (Å²) < 4.78 is 5.47. The van der Waals surface area contributed by atoms with E-state index in [4.69, 9.17) is 10.5 Å². The van der Waals surface area contributed by atoms with Crippen LogP contribution in [0.4, 0.5) is 0 Å². The van der Waals surface area contributed by atoms with Gasteiger partial charge in [0.15, 0.2) is 0 Å². The van der Waals surface area contributed by atoms with E-state index in [1.807, 2.05) is 12.1 Å². The summed E-state index contributed by atoms with van der Waals surface area (Å²) in [7, 11) is 0. The third kappa shape index (κ3) is 5.27. The van der Waals surface area contributed by atoms with Gasteiger partial charge in [-0.15, -0.1) is 12.4 Å². The molecular weight excluding hydrogens is 300 g/mol. The van der Waals surface area contributed by atoms with Gasteiger partial charge in [-0.05, 0) is 36.3 Å². The summed E-state index contributed by atoms with van der Waals surface area (Å²) in [5.41, 5.74) is 8.49. The van der Waals surface area contributed by atoms with Gasteiger partial charge in [0.25, 0.3) is 0 Å². The molecular formula is C17H27ClN2O2. The first kappa shape index (κ1) is 18.9. The summed E-state index contributed by atoms with van der Waals surface area (Å²) in [6, 6.07) is 8.11. The fourth-order valence-electron chi connectivity index (χ4n) is 2.52. The fraction of sp³-hybridized carbons (Fsp3) is 0.588. The number of nitrogens with two attached hydrogens (primary N) is 1. The maximum atomic E-state index is 12.0. The molecule has 0 aromatic heterocycles. The third-order valence-corrected chi connectivity index (χ3v) is 4.00. The van der Waals surface area contributed by atoms with Crippen molar-refractivity contribution in [1.82, 2.24) is 5.32 Å². The van der Waals surface area contributed by atoms with Crippen molar-refractivity contribution >= 4 is 18.3 Å². The van der Waals surface area contributed by atoms with E-state index in [1.165, 1.54) is 5.56 Å². The molecule has 0 saturated carbocycles. The maximum Gasteiger partial charge on any atom is 0.249 e. The molecule has 5 heteroatoms. The van der Waals surface area contributed by atoms with Crippen LogP contribution in [0, 0.1) is 0 Å². The molecule has 22 heavy (non-hydrogen) atoms. The Bertz CT molecular complexity index is 456. The first-order chi connectivity index (χ1) is 10.1. The van der Waals surface area contributed by atoms with Crippen LogP contribution in [0.25, 0.3) is 0 Å². The number of carbonyl (C=O) groups excluding carboxylic acids is 1. The Morgan fingerprint density at radius 2 is 1.91 bits per heavy atom. The highest BCUT2D eigenvalue weighted by Gasteiger charge is 2.22. The zero-order valence-corrected chi connectivity index (χ0v) is 14.2. The second-order valence-electron chi connectivity index (χ2n) is 6.03. The number of benzene rings is 1. The summed E-state index contributed by atoms with van der Waals surface area (Å²) in [5, 5.41) is 2.90. The quantitative estimate of drug-likeness (QED) is 0.874. The van der Waals surface area contributed by atoms with Gasteiger partial charge in [0, 0.05) is 19.2 Å². The minimum Gasteiger partial charge on any atom is -0.368 e. The second kappa shape index (κ2) is 9.13. The minimum atomic E-state index is -0.297. The van der Waals surface area contributed by atoms with Crippen molar-refractivity contribution in [1.29, 1.82) is 0 Å². The largest absolute Gasteiger partial charge is 0.368 e. The molecule has 4 nitrogen and oxygen atoms in total. The average Bonchev–Trinajstić information content (AvgIpc) is 2.53. The third-order valence-electron chi connectivity index (χ3n) is 4.00. The molecule has 0 aliphatic carbocycles. The van der Waals surface area contributed by atoms with E-state index >= 15 is 0 Å². The number of nitrogens with one attached hydrogen (secondary N) is 1. The highest BCUT2D eigenvalue weighted by molar-refractivity contribution is 5.85. The summed E-state index contributed by atoms with van der Waals surface area (Å²) in [6.45, 7) is 5.46. The summed E-state index contributed by atoms with van der Waals surface area (Å²) in [6.07, 6.45) is 2.62. The summed E-state index contributed by atoms with van der Waals surface area (Å²) >= 11 is 0.